The molecule has 2 aromatic rings. The lowest BCUT2D eigenvalue weighted by molar-refractivity contribution is 0.357. The van der Waals surface area contributed by atoms with Gasteiger partial charge in [-0.3, -0.25) is 0 Å². The van der Waals surface area contributed by atoms with Gasteiger partial charge >= 0.3 is 0 Å². The highest BCUT2D eigenvalue weighted by atomic mass is 35.5. The van der Waals surface area contributed by atoms with Gasteiger partial charge in [0.05, 0.1) is 22.3 Å². The summed E-state index contributed by atoms with van der Waals surface area (Å²) in [5.74, 6) is 0.916. The normalized spacial score (nSPS) is 13.2. The Bertz CT molecular complexity index is 694. The number of aromatic nitrogens is 2. The van der Waals surface area contributed by atoms with Crippen molar-refractivity contribution in [3.63, 3.8) is 0 Å². The van der Waals surface area contributed by atoms with E-state index in [0.29, 0.717) is 28.1 Å². The molecule has 104 valence electrons. The smallest absolute Gasteiger partial charge is 0.221 e. The molecule has 4 nitrogen and oxygen atoms in total. The molecule has 1 aliphatic heterocycles. The lowest BCUT2D eigenvalue weighted by Gasteiger charge is -2.11. The van der Waals surface area contributed by atoms with E-state index in [4.69, 9.17) is 33.7 Å². The van der Waals surface area contributed by atoms with Crippen molar-refractivity contribution in [2.24, 2.45) is 0 Å². The Morgan fingerprint density at radius 2 is 2.05 bits per heavy atom. The first kappa shape index (κ1) is 13.8. The molecule has 1 aliphatic rings. The van der Waals surface area contributed by atoms with Crippen molar-refractivity contribution in [1.82, 2.24) is 9.97 Å². The summed E-state index contributed by atoms with van der Waals surface area (Å²) in [6.07, 6.45) is 2.69. The maximum Gasteiger partial charge on any atom is 0.221 e. The molecule has 7 heteroatoms. The highest BCUT2D eigenvalue weighted by Gasteiger charge is 2.24. The van der Waals surface area contributed by atoms with Crippen molar-refractivity contribution in [2.75, 3.05) is 18.6 Å². The number of hydrogen-bond donors (Lipinski definition) is 1. The average Bonchev–Trinajstić information content (AvgIpc) is 2.87. The van der Waals surface area contributed by atoms with Crippen LogP contribution in [0.1, 0.15) is 5.56 Å². The van der Waals surface area contributed by atoms with Crippen LogP contribution in [0.15, 0.2) is 17.2 Å². The number of benzene rings is 1. The fraction of sp³-hybridized carbons (Fsp3) is 0.231. The number of nitrogens with two attached hydrogens (primary N) is 1. The van der Waals surface area contributed by atoms with Crippen molar-refractivity contribution in [3.8, 4) is 17.0 Å². The molecule has 0 saturated heterocycles. The van der Waals surface area contributed by atoms with E-state index in [1.165, 1.54) is 11.8 Å². The fourth-order valence-corrected chi connectivity index (χ4v) is 3.32. The van der Waals surface area contributed by atoms with Gasteiger partial charge in [-0.2, -0.15) is 0 Å². The third kappa shape index (κ3) is 2.30. The quantitative estimate of drug-likeness (QED) is 0.673. The lowest BCUT2D eigenvalue weighted by atomic mass is 10.0. The third-order valence-electron chi connectivity index (χ3n) is 3.07. The molecular weight excluding hydrogens is 317 g/mol. The minimum absolute atomic E-state index is 0.227. The molecule has 0 aliphatic carbocycles. The number of hydrogen-bond acceptors (Lipinski definition) is 5. The SMILES string of the molecule is CSc1cc(-c2c(Cl)cc(Cl)c3c2CCO3)nc(N)n1. The van der Waals surface area contributed by atoms with Crippen LogP contribution in [0.25, 0.3) is 11.3 Å². The molecule has 20 heavy (non-hydrogen) atoms. The number of nitrogens with zero attached hydrogens (tertiary/aromatic N) is 2. The number of ether oxygens (including phenoxy) is 1. The Balaban J connectivity index is 2.25. The summed E-state index contributed by atoms with van der Waals surface area (Å²) in [6, 6.07) is 3.55. The standard InChI is InChI=1S/C13H11Cl2N3OS/c1-20-10-5-9(17-13(16)18-10)11-6-2-3-19-12(6)8(15)4-7(11)14/h4-5H,2-3H2,1H3,(H2,16,17,18). The van der Waals surface area contributed by atoms with Crippen LogP contribution in [0.5, 0.6) is 5.75 Å². The van der Waals surface area contributed by atoms with Crippen molar-refractivity contribution < 1.29 is 4.74 Å². The van der Waals surface area contributed by atoms with E-state index in [1.54, 1.807) is 6.07 Å². The zero-order valence-corrected chi connectivity index (χ0v) is 12.9. The predicted molar refractivity (Wildman–Crippen MR) is 82.9 cm³/mol. The van der Waals surface area contributed by atoms with E-state index in [0.717, 1.165) is 22.6 Å². The molecule has 0 fully saturated rings. The Morgan fingerprint density at radius 3 is 2.80 bits per heavy atom. The first-order chi connectivity index (χ1) is 9.60. The number of nitrogen functional groups attached to an aromatic ring is 1. The molecule has 0 bridgehead atoms. The summed E-state index contributed by atoms with van der Waals surface area (Å²) < 4.78 is 5.56. The second-order valence-electron chi connectivity index (χ2n) is 4.28. The summed E-state index contributed by atoms with van der Waals surface area (Å²) >= 11 is 14.0. The highest BCUT2D eigenvalue weighted by Crippen LogP contribution is 2.44. The molecule has 2 heterocycles. The zero-order chi connectivity index (χ0) is 14.3. The van der Waals surface area contributed by atoms with E-state index in [9.17, 15) is 0 Å². The van der Waals surface area contributed by atoms with Gasteiger partial charge in [0.2, 0.25) is 5.95 Å². The first-order valence-corrected chi connectivity index (χ1v) is 7.91. The van der Waals surface area contributed by atoms with Crippen molar-refractivity contribution >= 4 is 40.9 Å². The minimum Gasteiger partial charge on any atom is -0.491 e. The van der Waals surface area contributed by atoms with Gasteiger partial charge in [0, 0.05) is 17.5 Å². The molecule has 1 aromatic heterocycles. The summed E-state index contributed by atoms with van der Waals surface area (Å²) in [5, 5.41) is 1.87. The minimum atomic E-state index is 0.227. The van der Waals surface area contributed by atoms with Crippen molar-refractivity contribution in [1.29, 1.82) is 0 Å². The number of halogens is 2. The van der Waals surface area contributed by atoms with Gasteiger partial charge in [-0.1, -0.05) is 23.2 Å². The molecule has 0 saturated carbocycles. The van der Waals surface area contributed by atoms with Gasteiger partial charge in [0.15, 0.2) is 0 Å². The second-order valence-corrected chi connectivity index (χ2v) is 5.92. The van der Waals surface area contributed by atoms with Crippen LogP contribution in [0.3, 0.4) is 0 Å². The second kappa shape index (κ2) is 5.31. The van der Waals surface area contributed by atoms with Crippen LogP contribution in [0.4, 0.5) is 5.95 Å². The zero-order valence-electron chi connectivity index (χ0n) is 10.6. The van der Waals surface area contributed by atoms with Gasteiger partial charge in [0.25, 0.3) is 0 Å². The topological polar surface area (TPSA) is 61.0 Å². The number of rotatable bonds is 2. The van der Waals surface area contributed by atoms with E-state index >= 15 is 0 Å². The van der Waals surface area contributed by atoms with Crippen LogP contribution in [0.2, 0.25) is 10.0 Å². The molecule has 0 amide bonds. The third-order valence-corrected chi connectivity index (χ3v) is 4.27. The Labute approximate surface area is 130 Å². The fourth-order valence-electron chi connectivity index (χ4n) is 2.25. The van der Waals surface area contributed by atoms with Crippen molar-refractivity contribution in [3.05, 3.63) is 27.7 Å². The predicted octanol–water partition coefficient (Wildman–Crippen LogP) is 3.69. The van der Waals surface area contributed by atoms with Gasteiger partial charge < -0.3 is 10.5 Å². The molecule has 3 rings (SSSR count). The summed E-state index contributed by atoms with van der Waals surface area (Å²) in [6.45, 7) is 0.596. The van der Waals surface area contributed by atoms with E-state index < -0.39 is 0 Å². The van der Waals surface area contributed by atoms with Crippen LogP contribution < -0.4 is 10.5 Å². The average molecular weight is 328 g/mol. The van der Waals surface area contributed by atoms with Crippen molar-refractivity contribution in [2.45, 2.75) is 11.4 Å². The molecule has 0 radical (unpaired) electrons. The van der Waals surface area contributed by atoms with Gasteiger partial charge in [0.1, 0.15) is 10.8 Å². The Kier molecular flexibility index (Phi) is 3.67. The Morgan fingerprint density at radius 1 is 1.25 bits per heavy atom. The maximum atomic E-state index is 6.35. The van der Waals surface area contributed by atoms with Gasteiger partial charge in [-0.05, 0) is 18.4 Å². The number of anilines is 1. The highest BCUT2D eigenvalue weighted by molar-refractivity contribution is 7.98. The summed E-state index contributed by atoms with van der Waals surface area (Å²) in [5.41, 5.74) is 8.27. The molecule has 0 atom stereocenters. The first-order valence-electron chi connectivity index (χ1n) is 5.92. The van der Waals surface area contributed by atoms with Crippen LogP contribution >= 0.6 is 35.0 Å². The number of fused-ring (bicyclic) bond motifs is 1. The number of thioether (sulfide) groups is 1. The summed E-state index contributed by atoms with van der Waals surface area (Å²) in [7, 11) is 0. The molecule has 1 aromatic carbocycles. The van der Waals surface area contributed by atoms with Crippen LogP contribution in [-0.2, 0) is 6.42 Å². The monoisotopic (exact) mass is 327 g/mol. The van der Waals surface area contributed by atoms with Crippen LogP contribution in [0, 0.1) is 0 Å². The Hall–Kier alpha value is -1.17. The molecule has 2 N–H and O–H groups in total. The van der Waals surface area contributed by atoms with E-state index in [1.807, 2.05) is 12.3 Å². The largest absolute Gasteiger partial charge is 0.491 e. The molecule has 0 unspecified atom stereocenters. The maximum absolute atomic E-state index is 6.35. The molecule has 0 spiro atoms. The lowest BCUT2D eigenvalue weighted by Crippen LogP contribution is -1.99. The van der Waals surface area contributed by atoms with E-state index in [2.05, 4.69) is 9.97 Å². The van der Waals surface area contributed by atoms with Crippen LogP contribution in [-0.4, -0.2) is 22.8 Å². The molecular formula is C13H11Cl2N3OS. The van der Waals surface area contributed by atoms with Gasteiger partial charge in [-0.15, -0.1) is 11.8 Å². The van der Waals surface area contributed by atoms with Gasteiger partial charge in [-0.25, -0.2) is 9.97 Å². The van der Waals surface area contributed by atoms with E-state index in [-0.39, 0.29) is 5.95 Å². The summed E-state index contributed by atoms with van der Waals surface area (Å²) in [4.78, 5) is 8.44.